The van der Waals surface area contributed by atoms with Gasteiger partial charge in [-0.2, -0.15) is 0 Å². The molecule has 1 heterocycles. The van der Waals surface area contributed by atoms with E-state index in [1.807, 2.05) is 6.08 Å². The first-order chi connectivity index (χ1) is 5.33. The molecular formula is C9H13NS. The van der Waals surface area contributed by atoms with Crippen molar-refractivity contribution in [2.75, 3.05) is 0 Å². The summed E-state index contributed by atoms with van der Waals surface area (Å²) < 4.78 is 0. The Hall–Kier alpha value is -0.600. The zero-order chi connectivity index (χ0) is 8.10. The van der Waals surface area contributed by atoms with E-state index in [0.29, 0.717) is 0 Å². The van der Waals surface area contributed by atoms with Crippen LogP contribution in [0.2, 0.25) is 0 Å². The highest BCUT2D eigenvalue weighted by Crippen LogP contribution is 2.11. The molecule has 2 N–H and O–H groups in total. The number of nitrogens with two attached hydrogens (primary N) is 1. The van der Waals surface area contributed by atoms with Crippen molar-refractivity contribution < 1.29 is 0 Å². The SMILES string of the molecule is C=CCC(N)Cc1cccs1. The molecule has 0 saturated heterocycles. The van der Waals surface area contributed by atoms with E-state index in [1.54, 1.807) is 11.3 Å². The summed E-state index contributed by atoms with van der Waals surface area (Å²) in [5.41, 5.74) is 5.81. The third kappa shape index (κ3) is 2.87. The van der Waals surface area contributed by atoms with Crippen LogP contribution in [0.15, 0.2) is 30.2 Å². The van der Waals surface area contributed by atoms with Gasteiger partial charge in [0.25, 0.3) is 0 Å². The van der Waals surface area contributed by atoms with E-state index in [4.69, 9.17) is 5.73 Å². The fourth-order valence-corrected chi connectivity index (χ4v) is 1.78. The maximum Gasteiger partial charge on any atom is 0.0122 e. The van der Waals surface area contributed by atoms with E-state index in [-0.39, 0.29) is 6.04 Å². The molecule has 1 rings (SSSR count). The predicted octanol–water partition coefficient (Wildman–Crippen LogP) is 2.19. The van der Waals surface area contributed by atoms with Crippen molar-refractivity contribution in [2.24, 2.45) is 5.73 Å². The number of thiophene rings is 1. The number of hydrogen-bond donors (Lipinski definition) is 1. The van der Waals surface area contributed by atoms with Crippen LogP contribution >= 0.6 is 11.3 Å². The quantitative estimate of drug-likeness (QED) is 0.683. The normalized spacial score (nSPS) is 12.8. The van der Waals surface area contributed by atoms with Crippen molar-refractivity contribution in [3.63, 3.8) is 0 Å². The summed E-state index contributed by atoms with van der Waals surface area (Å²) in [4.78, 5) is 1.36. The average Bonchev–Trinajstić information content (AvgIpc) is 2.40. The zero-order valence-corrected chi connectivity index (χ0v) is 7.31. The molecule has 11 heavy (non-hydrogen) atoms. The van der Waals surface area contributed by atoms with E-state index in [2.05, 4.69) is 24.1 Å². The van der Waals surface area contributed by atoms with E-state index < -0.39 is 0 Å². The molecule has 0 bridgehead atoms. The molecule has 0 saturated carbocycles. The van der Waals surface area contributed by atoms with Crippen molar-refractivity contribution in [1.82, 2.24) is 0 Å². The highest BCUT2D eigenvalue weighted by atomic mass is 32.1. The Morgan fingerprint density at radius 1 is 1.73 bits per heavy atom. The van der Waals surface area contributed by atoms with E-state index in [1.165, 1.54) is 4.88 Å². The average molecular weight is 167 g/mol. The zero-order valence-electron chi connectivity index (χ0n) is 6.49. The molecule has 2 heteroatoms. The fourth-order valence-electron chi connectivity index (χ4n) is 0.985. The third-order valence-electron chi connectivity index (χ3n) is 1.51. The van der Waals surface area contributed by atoms with Gasteiger partial charge in [-0.1, -0.05) is 12.1 Å². The Morgan fingerprint density at radius 2 is 2.55 bits per heavy atom. The Kier molecular flexibility index (Phi) is 3.33. The first kappa shape index (κ1) is 8.50. The molecule has 0 spiro atoms. The van der Waals surface area contributed by atoms with Gasteiger partial charge in [0.2, 0.25) is 0 Å². The molecule has 1 aromatic rings. The Balaban J connectivity index is 2.37. The molecule has 0 aliphatic carbocycles. The summed E-state index contributed by atoms with van der Waals surface area (Å²) in [6.07, 6.45) is 3.75. The lowest BCUT2D eigenvalue weighted by atomic mass is 10.1. The summed E-state index contributed by atoms with van der Waals surface area (Å²) in [7, 11) is 0. The molecule has 1 aromatic heterocycles. The molecule has 0 aromatic carbocycles. The minimum atomic E-state index is 0.242. The fraction of sp³-hybridized carbons (Fsp3) is 0.333. The van der Waals surface area contributed by atoms with Gasteiger partial charge in [0.1, 0.15) is 0 Å². The summed E-state index contributed by atoms with van der Waals surface area (Å²) in [6.45, 7) is 3.65. The van der Waals surface area contributed by atoms with E-state index >= 15 is 0 Å². The summed E-state index contributed by atoms with van der Waals surface area (Å²) >= 11 is 1.76. The van der Waals surface area contributed by atoms with Gasteiger partial charge in [-0.3, -0.25) is 0 Å². The molecule has 0 radical (unpaired) electrons. The van der Waals surface area contributed by atoms with Crippen LogP contribution in [0.5, 0.6) is 0 Å². The lowest BCUT2D eigenvalue weighted by Crippen LogP contribution is -2.21. The monoisotopic (exact) mass is 167 g/mol. The van der Waals surface area contributed by atoms with Gasteiger partial charge in [0, 0.05) is 10.9 Å². The molecule has 1 nitrogen and oxygen atoms in total. The first-order valence-electron chi connectivity index (χ1n) is 3.72. The summed E-state index contributed by atoms with van der Waals surface area (Å²) in [6, 6.07) is 4.42. The minimum absolute atomic E-state index is 0.242. The van der Waals surface area contributed by atoms with Gasteiger partial charge in [-0.25, -0.2) is 0 Å². The second-order valence-electron chi connectivity index (χ2n) is 2.57. The lowest BCUT2D eigenvalue weighted by Gasteiger charge is -2.05. The van der Waals surface area contributed by atoms with Gasteiger partial charge in [-0.05, 0) is 24.3 Å². The van der Waals surface area contributed by atoms with E-state index in [9.17, 15) is 0 Å². The first-order valence-corrected chi connectivity index (χ1v) is 4.59. The van der Waals surface area contributed by atoms with Crippen molar-refractivity contribution in [1.29, 1.82) is 0 Å². The van der Waals surface area contributed by atoms with Crippen LogP contribution in [-0.4, -0.2) is 6.04 Å². The molecule has 0 aliphatic heterocycles. The van der Waals surface area contributed by atoms with Gasteiger partial charge in [0.05, 0.1) is 0 Å². The lowest BCUT2D eigenvalue weighted by molar-refractivity contribution is 0.686. The van der Waals surface area contributed by atoms with Gasteiger partial charge < -0.3 is 5.73 Å². The molecule has 1 unspecified atom stereocenters. The molecule has 0 amide bonds. The van der Waals surface area contributed by atoms with Crippen LogP contribution < -0.4 is 5.73 Å². The highest BCUT2D eigenvalue weighted by Gasteiger charge is 2.01. The molecular weight excluding hydrogens is 154 g/mol. The summed E-state index contributed by atoms with van der Waals surface area (Å²) in [5.74, 6) is 0. The smallest absolute Gasteiger partial charge is 0.0122 e. The van der Waals surface area contributed by atoms with Gasteiger partial charge >= 0.3 is 0 Å². The summed E-state index contributed by atoms with van der Waals surface area (Å²) in [5, 5.41) is 2.08. The van der Waals surface area contributed by atoms with Crippen LogP contribution in [-0.2, 0) is 6.42 Å². The predicted molar refractivity (Wildman–Crippen MR) is 50.8 cm³/mol. The molecule has 60 valence electrons. The number of hydrogen-bond acceptors (Lipinski definition) is 2. The highest BCUT2D eigenvalue weighted by molar-refractivity contribution is 7.09. The molecule has 1 atom stereocenters. The standard InChI is InChI=1S/C9H13NS/c1-2-4-8(10)7-9-5-3-6-11-9/h2-3,5-6,8H,1,4,7,10H2. The van der Waals surface area contributed by atoms with Crippen molar-refractivity contribution in [2.45, 2.75) is 18.9 Å². The van der Waals surface area contributed by atoms with Crippen molar-refractivity contribution >= 4 is 11.3 Å². The second-order valence-corrected chi connectivity index (χ2v) is 3.60. The maximum absolute atomic E-state index is 5.81. The maximum atomic E-state index is 5.81. The van der Waals surface area contributed by atoms with Crippen molar-refractivity contribution in [3.8, 4) is 0 Å². The van der Waals surface area contributed by atoms with Crippen LogP contribution in [0.1, 0.15) is 11.3 Å². The Bertz CT molecular complexity index is 203. The molecule has 0 fully saturated rings. The Labute approximate surface area is 71.5 Å². The van der Waals surface area contributed by atoms with E-state index in [0.717, 1.165) is 12.8 Å². The van der Waals surface area contributed by atoms with Crippen LogP contribution in [0.4, 0.5) is 0 Å². The van der Waals surface area contributed by atoms with Gasteiger partial charge in [0.15, 0.2) is 0 Å². The second kappa shape index (κ2) is 4.31. The molecule has 0 aliphatic rings. The Morgan fingerprint density at radius 3 is 3.09 bits per heavy atom. The van der Waals surface area contributed by atoms with Crippen molar-refractivity contribution in [3.05, 3.63) is 35.0 Å². The van der Waals surface area contributed by atoms with Crippen LogP contribution in [0, 0.1) is 0 Å². The third-order valence-corrected chi connectivity index (χ3v) is 2.41. The number of rotatable bonds is 4. The largest absolute Gasteiger partial charge is 0.327 e. The minimum Gasteiger partial charge on any atom is -0.327 e. The topological polar surface area (TPSA) is 26.0 Å². The van der Waals surface area contributed by atoms with Crippen LogP contribution in [0.25, 0.3) is 0 Å². The van der Waals surface area contributed by atoms with Gasteiger partial charge in [-0.15, -0.1) is 17.9 Å². The van der Waals surface area contributed by atoms with Crippen LogP contribution in [0.3, 0.4) is 0 Å².